The number of hydrogen-bond donors (Lipinski definition) is 2. The van der Waals surface area contributed by atoms with Crippen LogP contribution in [0.15, 0.2) is 36.4 Å². The van der Waals surface area contributed by atoms with Gasteiger partial charge in [-0.3, -0.25) is 9.59 Å². The van der Waals surface area contributed by atoms with Crippen molar-refractivity contribution in [2.75, 3.05) is 5.32 Å². The van der Waals surface area contributed by atoms with E-state index in [-0.39, 0.29) is 5.91 Å². The Morgan fingerprint density at radius 3 is 2.75 bits per heavy atom. The fourth-order valence-corrected chi connectivity index (χ4v) is 4.41. The summed E-state index contributed by atoms with van der Waals surface area (Å²) in [5.74, 6) is -0.129. The van der Waals surface area contributed by atoms with Gasteiger partial charge in [-0.1, -0.05) is 37.3 Å². The van der Waals surface area contributed by atoms with Crippen LogP contribution < -0.4 is 11.1 Å². The molecule has 0 spiro atoms. The van der Waals surface area contributed by atoms with Crippen molar-refractivity contribution < 1.29 is 9.59 Å². The molecule has 0 radical (unpaired) electrons. The first-order valence-electron chi connectivity index (χ1n) is 8.03. The van der Waals surface area contributed by atoms with E-state index in [0.717, 1.165) is 30.4 Å². The molecule has 1 aromatic carbocycles. The summed E-state index contributed by atoms with van der Waals surface area (Å²) in [6, 6.07) is 9.59. The number of nitrogens with one attached hydrogen (secondary N) is 1. The molecule has 0 saturated heterocycles. The second-order valence-corrected chi connectivity index (χ2v) is 7.26. The highest BCUT2D eigenvalue weighted by Gasteiger charge is 2.26. The average Bonchev–Trinajstić information content (AvgIpc) is 2.90. The van der Waals surface area contributed by atoms with Gasteiger partial charge in [0.05, 0.1) is 5.56 Å². The first-order chi connectivity index (χ1) is 11.5. The summed E-state index contributed by atoms with van der Waals surface area (Å²) in [5.41, 5.74) is 8.01. The molecule has 0 unspecified atom stereocenters. The van der Waals surface area contributed by atoms with Gasteiger partial charge in [0.25, 0.3) is 5.91 Å². The van der Waals surface area contributed by atoms with E-state index in [4.69, 9.17) is 5.73 Å². The van der Waals surface area contributed by atoms with Gasteiger partial charge in [-0.05, 0) is 42.4 Å². The number of primary amides is 1. The Morgan fingerprint density at radius 2 is 2.04 bits per heavy atom. The van der Waals surface area contributed by atoms with Crippen LogP contribution in [0.25, 0.3) is 6.08 Å². The van der Waals surface area contributed by atoms with E-state index in [9.17, 15) is 9.59 Å². The Kier molecular flexibility index (Phi) is 4.81. The summed E-state index contributed by atoms with van der Waals surface area (Å²) in [7, 11) is 0. The van der Waals surface area contributed by atoms with Crippen molar-refractivity contribution in [3.05, 3.63) is 58.0 Å². The van der Waals surface area contributed by atoms with Crippen molar-refractivity contribution in [2.45, 2.75) is 26.2 Å². The van der Waals surface area contributed by atoms with Gasteiger partial charge >= 0.3 is 0 Å². The van der Waals surface area contributed by atoms with Crippen molar-refractivity contribution in [3.63, 3.8) is 0 Å². The first kappa shape index (κ1) is 16.5. The maximum atomic E-state index is 12.2. The summed E-state index contributed by atoms with van der Waals surface area (Å²) in [6.07, 6.45) is 6.05. The standard InChI is InChI=1S/C19H20N2O2S/c1-12-7-9-14-15(11-12)24-19(17(14)18(20)23)21-16(22)10-8-13-5-3-2-4-6-13/h2-6,8,10,12H,7,9,11H2,1H3,(H2,20,23)(H,21,22)/b10-8+/t12-/m1/s1. The predicted molar refractivity (Wildman–Crippen MR) is 98.1 cm³/mol. The zero-order valence-electron chi connectivity index (χ0n) is 13.5. The SMILES string of the molecule is C[C@@H]1CCc2c(sc(NC(=O)/C=C/c3ccccc3)c2C(N)=O)C1. The van der Waals surface area contributed by atoms with Gasteiger partial charge in [-0.2, -0.15) is 0 Å². The number of hydrogen-bond acceptors (Lipinski definition) is 3. The molecule has 3 rings (SSSR count). The largest absolute Gasteiger partial charge is 0.365 e. The lowest BCUT2D eigenvalue weighted by molar-refractivity contribution is -0.111. The highest BCUT2D eigenvalue weighted by atomic mass is 32.1. The quantitative estimate of drug-likeness (QED) is 0.834. The number of nitrogens with two attached hydrogens (primary N) is 1. The van der Waals surface area contributed by atoms with Gasteiger partial charge in [0.15, 0.2) is 0 Å². The molecule has 1 atom stereocenters. The van der Waals surface area contributed by atoms with Crippen molar-refractivity contribution in [2.24, 2.45) is 11.7 Å². The number of thiophene rings is 1. The number of rotatable bonds is 4. The molecule has 1 aromatic heterocycles. The van der Waals surface area contributed by atoms with Crippen LogP contribution in [0.3, 0.4) is 0 Å². The Hall–Kier alpha value is -2.40. The van der Waals surface area contributed by atoms with Gasteiger partial charge in [0.1, 0.15) is 5.00 Å². The first-order valence-corrected chi connectivity index (χ1v) is 8.84. The monoisotopic (exact) mass is 340 g/mol. The fourth-order valence-electron chi connectivity index (χ4n) is 2.99. The molecule has 0 saturated carbocycles. The maximum Gasteiger partial charge on any atom is 0.251 e. The molecule has 0 bridgehead atoms. The number of amides is 2. The van der Waals surface area contributed by atoms with Crippen molar-refractivity contribution >= 4 is 34.2 Å². The number of fused-ring (bicyclic) bond motifs is 1. The van der Waals surface area contributed by atoms with Gasteiger partial charge in [0, 0.05) is 11.0 Å². The predicted octanol–water partition coefficient (Wildman–Crippen LogP) is 3.62. The van der Waals surface area contributed by atoms with Crippen molar-refractivity contribution in [3.8, 4) is 0 Å². The van der Waals surface area contributed by atoms with Gasteiger partial charge in [-0.15, -0.1) is 11.3 Å². The van der Waals surface area contributed by atoms with Gasteiger partial charge in [-0.25, -0.2) is 0 Å². The summed E-state index contributed by atoms with van der Waals surface area (Å²) in [5, 5.41) is 3.40. The lowest BCUT2D eigenvalue weighted by Crippen LogP contribution is -2.18. The van der Waals surface area contributed by atoms with E-state index < -0.39 is 5.91 Å². The van der Waals surface area contributed by atoms with Crippen LogP contribution in [0.1, 0.15) is 39.7 Å². The zero-order valence-corrected chi connectivity index (χ0v) is 14.4. The Balaban J connectivity index is 1.81. The van der Waals surface area contributed by atoms with Crippen LogP contribution in [0, 0.1) is 5.92 Å². The number of benzene rings is 1. The van der Waals surface area contributed by atoms with Crippen LogP contribution in [0.2, 0.25) is 0 Å². The third kappa shape index (κ3) is 3.57. The highest BCUT2D eigenvalue weighted by Crippen LogP contribution is 2.39. The zero-order chi connectivity index (χ0) is 17.1. The van der Waals surface area contributed by atoms with Crippen molar-refractivity contribution in [1.29, 1.82) is 0 Å². The lowest BCUT2D eigenvalue weighted by Gasteiger charge is -2.18. The van der Waals surface area contributed by atoms with E-state index in [2.05, 4.69) is 12.2 Å². The average molecular weight is 340 g/mol. The van der Waals surface area contributed by atoms with Crippen LogP contribution in [-0.2, 0) is 17.6 Å². The molecule has 0 fully saturated rings. The molecular weight excluding hydrogens is 320 g/mol. The smallest absolute Gasteiger partial charge is 0.251 e. The van der Waals surface area contributed by atoms with Gasteiger partial charge in [0.2, 0.25) is 5.91 Å². The van der Waals surface area contributed by atoms with Crippen LogP contribution in [-0.4, -0.2) is 11.8 Å². The molecule has 2 aromatic rings. The summed E-state index contributed by atoms with van der Waals surface area (Å²) >= 11 is 1.48. The summed E-state index contributed by atoms with van der Waals surface area (Å²) in [4.78, 5) is 25.2. The number of anilines is 1. The van der Waals surface area contributed by atoms with E-state index in [0.29, 0.717) is 16.5 Å². The number of carbonyl (C=O) groups is 2. The van der Waals surface area contributed by atoms with Crippen LogP contribution in [0.4, 0.5) is 5.00 Å². The molecule has 1 aliphatic rings. The summed E-state index contributed by atoms with van der Waals surface area (Å²) < 4.78 is 0. The fraction of sp³-hybridized carbons (Fsp3) is 0.263. The Labute approximate surface area is 145 Å². The van der Waals surface area contributed by atoms with E-state index in [1.54, 1.807) is 6.08 Å². The van der Waals surface area contributed by atoms with E-state index in [1.165, 1.54) is 22.3 Å². The topological polar surface area (TPSA) is 72.2 Å². The molecule has 5 heteroatoms. The molecule has 24 heavy (non-hydrogen) atoms. The lowest BCUT2D eigenvalue weighted by atomic mass is 9.88. The normalized spacial score (nSPS) is 16.8. The molecule has 2 amide bonds. The highest BCUT2D eigenvalue weighted by molar-refractivity contribution is 7.17. The van der Waals surface area contributed by atoms with E-state index >= 15 is 0 Å². The maximum absolute atomic E-state index is 12.2. The molecule has 124 valence electrons. The van der Waals surface area contributed by atoms with Crippen LogP contribution >= 0.6 is 11.3 Å². The molecular formula is C19H20N2O2S. The molecule has 3 N–H and O–H groups in total. The number of carbonyl (C=O) groups excluding carboxylic acids is 2. The minimum atomic E-state index is -0.468. The van der Waals surface area contributed by atoms with Crippen LogP contribution in [0.5, 0.6) is 0 Å². The van der Waals surface area contributed by atoms with Crippen molar-refractivity contribution in [1.82, 2.24) is 0 Å². The Bertz CT molecular complexity index is 793. The minimum absolute atomic E-state index is 0.256. The third-order valence-electron chi connectivity index (χ3n) is 4.22. The molecule has 4 nitrogen and oxygen atoms in total. The second kappa shape index (κ2) is 7.01. The molecule has 0 aliphatic heterocycles. The van der Waals surface area contributed by atoms with Gasteiger partial charge < -0.3 is 11.1 Å². The molecule has 1 heterocycles. The third-order valence-corrected chi connectivity index (χ3v) is 5.39. The minimum Gasteiger partial charge on any atom is -0.365 e. The molecule has 1 aliphatic carbocycles. The second-order valence-electron chi connectivity index (χ2n) is 6.15. The summed E-state index contributed by atoms with van der Waals surface area (Å²) in [6.45, 7) is 2.20. The van der Waals surface area contributed by atoms with E-state index in [1.807, 2.05) is 30.3 Å². The Morgan fingerprint density at radius 1 is 1.29 bits per heavy atom.